The number of ether oxygens (including phenoxy) is 5. The summed E-state index contributed by atoms with van der Waals surface area (Å²) in [4.78, 5) is 0. The first-order valence-corrected chi connectivity index (χ1v) is 8.43. The second-order valence-electron chi connectivity index (χ2n) is 6.13. The normalized spacial score (nSPS) is 12.2. The van der Waals surface area contributed by atoms with Gasteiger partial charge >= 0.3 is 0 Å². The lowest BCUT2D eigenvalue weighted by molar-refractivity contribution is 0.177. The third-order valence-corrected chi connectivity index (χ3v) is 4.30. The smallest absolute Gasteiger partial charge is 0.156 e. The molecule has 2 aromatic rings. The molecule has 0 saturated heterocycles. The lowest BCUT2D eigenvalue weighted by Crippen LogP contribution is -2.13. The quantitative estimate of drug-likeness (QED) is 0.653. The standard InChI is InChI=1S/C20H25NO5/c1-22-9-13-5-7-15(11-24-3)19-17(13)21-18-14(10-23-2)6-8-16(12-25-4)20(18)26-19/h5-8,21H,9-12H2,1-4H3. The largest absolute Gasteiger partial charge is 0.452 e. The molecular formula is C20H25NO5. The molecule has 140 valence electrons. The Balaban J connectivity index is 2.13. The van der Waals surface area contributed by atoms with Gasteiger partial charge in [0.2, 0.25) is 0 Å². The van der Waals surface area contributed by atoms with Gasteiger partial charge in [0.25, 0.3) is 0 Å². The third kappa shape index (κ3) is 3.54. The fourth-order valence-electron chi connectivity index (χ4n) is 3.16. The Hall–Kier alpha value is -2.12. The van der Waals surface area contributed by atoms with Crippen molar-refractivity contribution in [2.45, 2.75) is 26.4 Å². The van der Waals surface area contributed by atoms with Gasteiger partial charge in [0.15, 0.2) is 11.5 Å². The van der Waals surface area contributed by atoms with Crippen molar-refractivity contribution in [1.82, 2.24) is 0 Å². The Morgan fingerprint density at radius 1 is 0.615 bits per heavy atom. The zero-order valence-electron chi connectivity index (χ0n) is 15.7. The van der Waals surface area contributed by atoms with Crippen LogP contribution in [0.3, 0.4) is 0 Å². The second-order valence-corrected chi connectivity index (χ2v) is 6.13. The topological polar surface area (TPSA) is 58.2 Å². The predicted octanol–water partition coefficient (Wildman–Crippen LogP) is 4.12. The van der Waals surface area contributed by atoms with Crippen LogP contribution in [0.5, 0.6) is 11.5 Å². The van der Waals surface area contributed by atoms with Crippen molar-refractivity contribution >= 4 is 11.4 Å². The molecule has 0 bridgehead atoms. The first-order valence-electron chi connectivity index (χ1n) is 8.43. The molecule has 1 heterocycles. The summed E-state index contributed by atoms with van der Waals surface area (Å²) in [5.41, 5.74) is 5.80. The average molecular weight is 359 g/mol. The molecule has 2 aromatic carbocycles. The molecule has 0 saturated carbocycles. The summed E-state index contributed by atoms with van der Waals surface area (Å²) in [5.74, 6) is 1.53. The molecule has 1 aliphatic heterocycles. The van der Waals surface area contributed by atoms with Gasteiger partial charge in [0.1, 0.15) is 0 Å². The molecule has 6 nitrogen and oxygen atoms in total. The molecule has 0 amide bonds. The van der Waals surface area contributed by atoms with Crippen molar-refractivity contribution in [3.63, 3.8) is 0 Å². The first-order chi connectivity index (χ1) is 12.7. The summed E-state index contributed by atoms with van der Waals surface area (Å²) in [7, 11) is 6.71. The van der Waals surface area contributed by atoms with Crippen LogP contribution >= 0.6 is 0 Å². The number of anilines is 2. The van der Waals surface area contributed by atoms with E-state index in [1.807, 2.05) is 24.3 Å². The molecule has 0 spiro atoms. The van der Waals surface area contributed by atoms with E-state index < -0.39 is 0 Å². The molecule has 3 rings (SSSR count). The average Bonchev–Trinajstić information content (AvgIpc) is 2.65. The Morgan fingerprint density at radius 2 is 0.962 bits per heavy atom. The van der Waals surface area contributed by atoms with Crippen molar-refractivity contribution in [2.24, 2.45) is 0 Å². The zero-order chi connectivity index (χ0) is 18.5. The fourth-order valence-corrected chi connectivity index (χ4v) is 3.16. The van der Waals surface area contributed by atoms with Crippen molar-refractivity contribution in [3.8, 4) is 11.5 Å². The van der Waals surface area contributed by atoms with Gasteiger partial charge in [-0.15, -0.1) is 0 Å². The van der Waals surface area contributed by atoms with Crippen LogP contribution in [0.1, 0.15) is 22.3 Å². The zero-order valence-corrected chi connectivity index (χ0v) is 15.7. The number of rotatable bonds is 8. The lowest BCUT2D eigenvalue weighted by Gasteiger charge is -2.29. The van der Waals surface area contributed by atoms with Crippen LogP contribution in [-0.2, 0) is 45.4 Å². The minimum Gasteiger partial charge on any atom is -0.452 e. The summed E-state index contributed by atoms with van der Waals surface area (Å²) in [5, 5.41) is 3.55. The van der Waals surface area contributed by atoms with E-state index in [9.17, 15) is 0 Å². The van der Waals surface area contributed by atoms with Crippen molar-refractivity contribution in [2.75, 3.05) is 33.8 Å². The van der Waals surface area contributed by atoms with Gasteiger partial charge in [0.05, 0.1) is 37.8 Å². The molecule has 6 heteroatoms. The number of fused-ring (bicyclic) bond motifs is 2. The summed E-state index contributed by atoms with van der Waals surface area (Å²) >= 11 is 0. The number of methoxy groups -OCH3 is 4. The van der Waals surface area contributed by atoms with E-state index in [0.717, 1.165) is 45.1 Å². The van der Waals surface area contributed by atoms with E-state index in [0.29, 0.717) is 26.4 Å². The van der Waals surface area contributed by atoms with Gasteiger partial charge in [-0.2, -0.15) is 0 Å². The molecule has 0 unspecified atom stereocenters. The van der Waals surface area contributed by atoms with Crippen molar-refractivity contribution in [3.05, 3.63) is 46.5 Å². The summed E-state index contributed by atoms with van der Waals surface area (Å²) in [6.45, 7) is 1.89. The second kappa shape index (κ2) is 8.51. The molecule has 0 aromatic heterocycles. The van der Waals surface area contributed by atoms with Gasteiger partial charge in [-0.3, -0.25) is 0 Å². The Morgan fingerprint density at radius 3 is 1.35 bits per heavy atom. The maximum absolute atomic E-state index is 6.39. The lowest BCUT2D eigenvalue weighted by atomic mass is 10.0. The molecule has 1 N–H and O–H groups in total. The first kappa shape index (κ1) is 18.7. The monoisotopic (exact) mass is 359 g/mol. The number of benzene rings is 2. The highest BCUT2D eigenvalue weighted by atomic mass is 16.5. The highest BCUT2D eigenvalue weighted by molar-refractivity contribution is 5.82. The van der Waals surface area contributed by atoms with Gasteiger partial charge in [-0.1, -0.05) is 24.3 Å². The molecule has 0 atom stereocenters. The van der Waals surface area contributed by atoms with Gasteiger partial charge in [-0.05, 0) is 0 Å². The maximum Gasteiger partial charge on any atom is 0.156 e. The molecule has 0 aliphatic carbocycles. The van der Waals surface area contributed by atoms with Gasteiger partial charge in [-0.25, -0.2) is 0 Å². The van der Waals surface area contributed by atoms with E-state index >= 15 is 0 Å². The van der Waals surface area contributed by atoms with E-state index in [-0.39, 0.29) is 0 Å². The van der Waals surface area contributed by atoms with E-state index in [2.05, 4.69) is 5.32 Å². The predicted molar refractivity (Wildman–Crippen MR) is 99.1 cm³/mol. The van der Waals surface area contributed by atoms with E-state index in [1.54, 1.807) is 28.4 Å². The summed E-state index contributed by atoms with van der Waals surface area (Å²) in [6, 6.07) is 8.09. The van der Waals surface area contributed by atoms with Crippen molar-refractivity contribution in [1.29, 1.82) is 0 Å². The Bertz CT molecular complexity index is 648. The Kier molecular flexibility index (Phi) is 6.11. The van der Waals surface area contributed by atoms with Crippen LogP contribution in [0.15, 0.2) is 24.3 Å². The van der Waals surface area contributed by atoms with Crippen LogP contribution < -0.4 is 10.1 Å². The van der Waals surface area contributed by atoms with Gasteiger partial charge < -0.3 is 29.0 Å². The number of hydrogen-bond acceptors (Lipinski definition) is 6. The minimum atomic E-state index is 0.462. The SMILES string of the molecule is COCc1ccc(COC)c2c1Nc1c(COC)ccc(COC)c1O2. The van der Waals surface area contributed by atoms with E-state index in [1.165, 1.54) is 0 Å². The highest BCUT2D eigenvalue weighted by Crippen LogP contribution is 2.49. The number of hydrogen-bond donors (Lipinski definition) is 1. The van der Waals surface area contributed by atoms with Gasteiger partial charge in [0, 0.05) is 50.7 Å². The van der Waals surface area contributed by atoms with E-state index in [4.69, 9.17) is 23.7 Å². The van der Waals surface area contributed by atoms with Crippen LogP contribution in [0.4, 0.5) is 11.4 Å². The number of nitrogens with one attached hydrogen (secondary N) is 1. The minimum absolute atomic E-state index is 0.462. The van der Waals surface area contributed by atoms with Crippen LogP contribution in [0.25, 0.3) is 0 Å². The maximum atomic E-state index is 6.39. The molecular weight excluding hydrogens is 334 g/mol. The highest BCUT2D eigenvalue weighted by Gasteiger charge is 2.26. The van der Waals surface area contributed by atoms with Crippen molar-refractivity contribution < 1.29 is 23.7 Å². The third-order valence-electron chi connectivity index (χ3n) is 4.30. The molecule has 1 aliphatic rings. The molecule has 26 heavy (non-hydrogen) atoms. The van der Waals surface area contributed by atoms with Crippen LogP contribution in [0.2, 0.25) is 0 Å². The molecule has 0 radical (unpaired) electrons. The van der Waals surface area contributed by atoms with Crippen LogP contribution in [0, 0.1) is 0 Å². The summed E-state index contributed by atoms with van der Waals surface area (Å²) in [6.07, 6.45) is 0. The summed E-state index contributed by atoms with van der Waals surface area (Å²) < 4.78 is 27.8. The molecule has 0 fully saturated rings. The van der Waals surface area contributed by atoms with Crippen LogP contribution in [-0.4, -0.2) is 28.4 Å². The Labute approximate surface area is 154 Å². The fraction of sp³-hybridized carbons (Fsp3) is 0.400.